The van der Waals surface area contributed by atoms with Crippen LogP contribution < -0.4 is 5.73 Å². The highest BCUT2D eigenvalue weighted by atomic mass is 16.5. The summed E-state index contributed by atoms with van der Waals surface area (Å²) in [6.45, 7) is 6.81. The SMILES string of the molecule is CC1C(N)CCC(c2nc(C3CC3)no2)C1(C)C. The van der Waals surface area contributed by atoms with Gasteiger partial charge in [0, 0.05) is 17.9 Å². The fourth-order valence-corrected chi connectivity index (χ4v) is 3.19. The van der Waals surface area contributed by atoms with E-state index in [9.17, 15) is 0 Å². The fraction of sp³-hybridized carbons (Fsp3) is 0.857. The highest BCUT2D eigenvalue weighted by Gasteiger charge is 2.45. The Labute approximate surface area is 108 Å². The van der Waals surface area contributed by atoms with E-state index in [1.807, 2.05) is 0 Å². The summed E-state index contributed by atoms with van der Waals surface area (Å²) in [6.07, 6.45) is 4.55. The topological polar surface area (TPSA) is 64.9 Å². The van der Waals surface area contributed by atoms with Crippen molar-refractivity contribution < 1.29 is 4.52 Å². The molecule has 0 aromatic carbocycles. The summed E-state index contributed by atoms with van der Waals surface area (Å²) >= 11 is 0. The van der Waals surface area contributed by atoms with E-state index in [-0.39, 0.29) is 5.41 Å². The first-order chi connectivity index (χ1) is 8.50. The van der Waals surface area contributed by atoms with Crippen molar-refractivity contribution in [3.63, 3.8) is 0 Å². The molecule has 0 aliphatic heterocycles. The zero-order valence-corrected chi connectivity index (χ0v) is 11.5. The Bertz CT molecular complexity index is 436. The zero-order valence-electron chi connectivity index (χ0n) is 11.5. The van der Waals surface area contributed by atoms with Gasteiger partial charge >= 0.3 is 0 Å². The highest BCUT2D eigenvalue weighted by molar-refractivity contribution is 5.10. The van der Waals surface area contributed by atoms with Crippen molar-refractivity contribution in [1.29, 1.82) is 0 Å². The van der Waals surface area contributed by atoms with E-state index < -0.39 is 0 Å². The molecule has 100 valence electrons. The Balaban J connectivity index is 1.85. The van der Waals surface area contributed by atoms with Crippen molar-refractivity contribution in [1.82, 2.24) is 10.1 Å². The molecule has 3 atom stereocenters. The van der Waals surface area contributed by atoms with Gasteiger partial charge in [0.05, 0.1) is 0 Å². The van der Waals surface area contributed by atoms with Crippen molar-refractivity contribution in [2.75, 3.05) is 0 Å². The van der Waals surface area contributed by atoms with Crippen LogP contribution in [0.5, 0.6) is 0 Å². The molecule has 2 aliphatic carbocycles. The molecule has 0 radical (unpaired) electrons. The maximum absolute atomic E-state index is 6.19. The van der Waals surface area contributed by atoms with Gasteiger partial charge in [-0.05, 0) is 37.0 Å². The van der Waals surface area contributed by atoms with Crippen LogP contribution in [0.1, 0.15) is 70.0 Å². The monoisotopic (exact) mass is 249 g/mol. The van der Waals surface area contributed by atoms with Gasteiger partial charge in [0.1, 0.15) is 0 Å². The number of hydrogen-bond donors (Lipinski definition) is 1. The summed E-state index contributed by atoms with van der Waals surface area (Å²) in [5.41, 5.74) is 6.32. The Morgan fingerprint density at radius 2 is 1.94 bits per heavy atom. The average molecular weight is 249 g/mol. The lowest BCUT2D eigenvalue weighted by Crippen LogP contribution is -2.45. The molecular weight excluding hydrogens is 226 g/mol. The minimum absolute atomic E-state index is 0.130. The van der Waals surface area contributed by atoms with Crippen LogP contribution in [-0.4, -0.2) is 16.2 Å². The number of hydrogen-bond acceptors (Lipinski definition) is 4. The third-order valence-corrected chi connectivity index (χ3v) is 5.20. The van der Waals surface area contributed by atoms with Crippen LogP contribution in [-0.2, 0) is 0 Å². The lowest BCUT2D eigenvalue weighted by molar-refractivity contribution is 0.0806. The average Bonchev–Trinajstić information content (AvgIpc) is 3.06. The first kappa shape index (κ1) is 12.2. The standard InChI is InChI=1S/C14H23N3O/c1-8-11(15)7-6-10(14(8,2)3)13-16-12(17-18-13)9-4-5-9/h8-11H,4-7,15H2,1-3H3. The molecule has 3 unspecified atom stereocenters. The van der Waals surface area contributed by atoms with Crippen molar-refractivity contribution in [2.45, 2.75) is 64.3 Å². The molecular formula is C14H23N3O. The van der Waals surface area contributed by atoms with Gasteiger partial charge in [-0.25, -0.2) is 0 Å². The second kappa shape index (κ2) is 4.05. The minimum atomic E-state index is 0.130. The number of nitrogens with zero attached hydrogens (tertiary/aromatic N) is 2. The molecule has 3 rings (SSSR count). The van der Waals surface area contributed by atoms with Gasteiger partial charge in [-0.2, -0.15) is 4.98 Å². The third kappa shape index (κ3) is 1.87. The molecule has 0 amide bonds. The first-order valence-electron chi connectivity index (χ1n) is 7.09. The van der Waals surface area contributed by atoms with Gasteiger partial charge in [0.15, 0.2) is 5.82 Å². The Kier molecular flexibility index (Phi) is 2.73. The van der Waals surface area contributed by atoms with Crippen LogP contribution >= 0.6 is 0 Å². The van der Waals surface area contributed by atoms with Crippen LogP contribution in [0, 0.1) is 11.3 Å². The van der Waals surface area contributed by atoms with Gasteiger partial charge in [0.2, 0.25) is 5.89 Å². The maximum Gasteiger partial charge on any atom is 0.230 e. The van der Waals surface area contributed by atoms with E-state index >= 15 is 0 Å². The van der Waals surface area contributed by atoms with E-state index in [1.54, 1.807) is 0 Å². The van der Waals surface area contributed by atoms with Crippen LogP contribution in [0.4, 0.5) is 0 Å². The zero-order chi connectivity index (χ0) is 12.9. The Morgan fingerprint density at radius 1 is 1.22 bits per heavy atom. The fourth-order valence-electron chi connectivity index (χ4n) is 3.19. The van der Waals surface area contributed by atoms with Gasteiger partial charge in [-0.15, -0.1) is 0 Å². The normalized spacial score (nSPS) is 35.7. The van der Waals surface area contributed by atoms with Crippen molar-refractivity contribution in [3.05, 3.63) is 11.7 Å². The molecule has 0 bridgehead atoms. The first-order valence-corrected chi connectivity index (χ1v) is 7.09. The summed E-state index contributed by atoms with van der Waals surface area (Å²) in [4.78, 5) is 4.63. The van der Waals surface area contributed by atoms with Crippen LogP contribution in [0.2, 0.25) is 0 Å². The second-order valence-electron chi connectivity index (χ2n) is 6.67. The molecule has 4 nitrogen and oxygen atoms in total. The lowest BCUT2D eigenvalue weighted by atomic mass is 9.61. The maximum atomic E-state index is 6.19. The van der Waals surface area contributed by atoms with E-state index in [0.29, 0.717) is 23.8 Å². The van der Waals surface area contributed by atoms with Crippen molar-refractivity contribution >= 4 is 0 Å². The van der Waals surface area contributed by atoms with Crippen LogP contribution in [0.25, 0.3) is 0 Å². The van der Waals surface area contributed by atoms with Gasteiger partial charge in [0.25, 0.3) is 0 Å². The van der Waals surface area contributed by atoms with Gasteiger partial charge < -0.3 is 10.3 Å². The second-order valence-corrected chi connectivity index (χ2v) is 6.67. The van der Waals surface area contributed by atoms with Gasteiger partial charge in [-0.3, -0.25) is 0 Å². The van der Waals surface area contributed by atoms with Gasteiger partial charge in [-0.1, -0.05) is 25.9 Å². The highest BCUT2D eigenvalue weighted by Crippen LogP contribution is 2.49. The summed E-state index contributed by atoms with van der Waals surface area (Å²) < 4.78 is 5.52. The lowest BCUT2D eigenvalue weighted by Gasteiger charge is -2.45. The molecule has 0 spiro atoms. The Morgan fingerprint density at radius 3 is 2.61 bits per heavy atom. The van der Waals surface area contributed by atoms with Crippen LogP contribution in [0.15, 0.2) is 4.52 Å². The van der Waals surface area contributed by atoms with E-state index in [1.165, 1.54) is 12.8 Å². The Hall–Kier alpha value is -0.900. The number of aromatic nitrogens is 2. The minimum Gasteiger partial charge on any atom is -0.339 e. The van der Waals surface area contributed by atoms with E-state index in [4.69, 9.17) is 10.3 Å². The smallest absolute Gasteiger partial charge is 0.230 e. The molecule has 1 aromatic heterocycles. The predicted molar refractivity (Wildman–Crippen MR) is 69.2 cm³/mol. The molecule has 18 heavy (non-hydrogen) atoms. The molecule has 4 heteroatoms. The molecule has 1 aromatic rings. The van der Waals surface area contributed by atoms with Crippen LogP contribution in [0.3, 0.4) is 0 Å². The molecule has 2 fully saturated rings. The molecule has 2 aliphatic rings. The number of nitrogens with two attached hydrogens (primary N) is 1. The molecule has 0 saturated heterocycles. The van der Waals surface area contributed by atoms with E-state index in [2.05, 4.69) is 30.9 Å². The predicted octanol–water partition coefficient (Wildman–Crippen LogP) is 2.81. The summed E-state index contributed by atoms with van der Waals surface area (Å²) in [5, 5.41) is 4.15. The number of rotatable bonds is 2. The molecule has 2 N–H and O–H groups in total. The quantitative estimate of drug-likeness (QED) is 0.875. The van der Waals surface area contributed by atoms with Crippen molar-refractivity contribution in [3.8, 4) is 0 Å². The largest absolute Gasteiger partial charge is 0.339 e. The summed E-state index contributed by atoms with van der Waals surface area (Å²) in [5.74, 6) is 3.15. The molecule has 1 heterocycles. The molecule has 2 saturated carbocycles. The third-order valence-electron chi connectivity index (χ3n) is 5.20. The van der Waals surface area contributed by atoms with Crippen molar-refractivity contribution in [2.24, 2.45) is 17.1 Å². The summed E-state index contributed by atoms with van der Waals surface area (Å²) in [7, 11) is 0. The summed E-state index contributed by atoms with van der Waals surface area (Å²) in [6, 6.07) is 0.294. The van der Waals surface area contributed by atoms with E-state index in [0.717, 1.165) is 24.6 Å².